The maximum Gasteiger partial charge on any atom is 0.257 e. The van der Waals surface area contributed by atoms with Gasteiger partial charge in [-0.05, 0) is 80.0 Å². The number of nitrogens with zero attached hydrogens (tertiary/aromatic N) is 2. The summed E-state index contributed by atoms with van der Waals surface area (Å²) in [6.45, 7) is 0. The molecule has 1 aromatic carbocycles. The molecule has 1 amide bonds. The minimum atomic E-state index is -3.31. The Morgan fingerprint density at radius 3 is 2.53 bits per heavy atom. The maximum atomic E-state index is 13.3. The first-order valence-corrected chi connectivity index (χ1v) is 12.9. The van der Waals surface area contributed by atoms with Crippen molar-refractivity contribution in [3.8, 4) is 0 Å². The minimum Gasteiger partial charge on any atom is -0.393 e. The fourth-order valence-electron chi connectivity index (χ4n) is 4.59. The number of aryl methyl sites for hydroxylation is 1. The van der Waals surface area contributed by atoms with E-state index in [0.717, 1.165) is 49.7 Å². The van der Waals surface area contributed by atoms with E-state index in [-0.39, 0.29) is 29.1 Å². The average molecular weight is 456 g/mol. The molecule has 5 rings (SSSR count). The molecule has 170 valence electrons. The third-order valence-electron chi connectivity index (χ3n) is 6.66. The second-order valence-corrected chi connectivity index (χ2v) is 11.6. The molecule has 2 N–H and O–H groups in total. The van der Waals surface area contributed by atoms with E-state index in [0.29, 0.717) is 22.7 Å². The predicted molar refractivity (Wildman–Crippen MR) is 122 cm³/mol. The van der Waals surface area contributed by atoms with Crippen molar-refractivity contribution in [3.63, 3.8) is 0 Å². The Kier molecular flexibility index (Phi) is 5.45. The summed E-state index contributed by atoms with van der Waals surface area (Å²) in [7, 11) is -1.52. The van der Waals surface area contributed by atoms with E-state index < -0.39 is 9.84 Å². The Hall–Kier alpha value is -2.45. The van der Waals surface area contributed by atoms with Crippen molar-refractivity contribution < 1.29 is 18.3 Å². The highest BCUT2D eigenvalue weighted by molar-refractivity contribution is 7.92. The number of aliphatic hydroxyl groups is 1. The van der Waals surface area contributed by atoms with Gasteiger partial charge in [0, 0.05) is 24.9 Å². The Balaban J connectivity index is 1.52. The van der Waals surface area contributed by atoms with Gasteiger partial charge in [-0.25, -0.2) is 8.42 Å². The lowest BCUT2D eigenvalue weighted by molar-refractivity contribution is -0.111. The summed E-state index contributed by atoms with van der Waals surface area (Å²) < 4.78 is 27.6. The van der Waals surface area contributed by atoms with E-state index in [1.54, 1.807) is 36.1 Å². The van der Waals surface area contributed by atoms with Crippen molar-refractivity contribution in [1.29, 1.82) is 0 Å². The van der Waals surface area contributed by atoms with Gasteiger partial charge in [-0.1, -0.05) is 12.1 Å². The fourth-order valence-corrected chi connectivity index (χ4v) is 6.52. The van der Waals surface area contributed by atoms with Crippen LogP contribution in [0.4, 0.5) is 5.82 Å². The van der Waals surface area contributed by atoms with Crippen LogP contribution in [0.25, 0.3) is 5.57 Å². The second kappa shape index (κ2) is 8.15. The average Bonchev–Trinajstić information content (AvgIpc) is 3.68. The molecule has 1 heterocycles. The molecule has 2 aromatic rings. The van der Waals surface area contributed by atoms with Gasteiger partial charge in [-0.3, -0.25) is 9.48 Å². The topological polar surface area (TPSA) is 101 Å². The molecule has 0 spiro atoms. The standard InChI is InChI=1S/C24H29N3O4S/c1-27-11-10-23(26-27)25-24(29)21(13-15-2-6-18(28)12-15)17-5-9-22(20(14-17)16-3-4-16)32(30,31)19-7-8-19/h5,9-11,13-16,18-19,28H,2-4,6-8,12H2,1H3,(H,25,26,29)/t15-,18?/m0/s1. The Morgan fingerprint density at radius 2 is 1.94 bits per heavy atom. The number of nitrogens with one attached hydrogen (secondary N) is 1. The summed E-state index contributed by atoms with van der Waals surface area (Å²) >= 11 is 0. The van der Waals surface area contributed by atoms with Crippen LogP contribution in [0.3, 0.4) is 0 Å². The third kappa shape index (κ3) is 4.38. The molecule has 7 nitrogen and oxygen atoms in total. The first-order valence-electron chi connectivity index (χ1n) is 11.4. The van der Waals surface area contributed by atoms with Gasteiger partial charge >= 0.3 is 0 Å². The van der Waals surface area contributed by atoms with Crippen molar-refractivity contribution in [2.45, 2.75) is 67.1 Å². The van der Waals surface area contributed by atoms with E-state index >= 15 is 0 Å². The monoisotopic (exact) mass is 455 g/mol. The quantitative estimate of drug-likeness (QED) is 0.623. The summed E-state index contributed by atoms with van der Waals surface area (Å²) in [6, 6.07) is 7.09. The van der Waals surface area contributed by atoms with E-state index in [1.807, 2.05) is 12.1 Å². The molecule has 3 saturated carbocycles. The molecule has 3 aliphatic rings. The molecular weight excluding hydrogens is 426 g/mol. The molecule has 1 unspecified atom stereocenters. The first-order chi connectivity index (χ1) is 15.3. The molecule has 0 aliphatic heterocycles. The Bertz CT molecular complexity index is 1180. The highest BCUT2D eigenvalue weighted by Crippen LogP contribution is 2.46. The summed E-state index contributed by atoms with van der Waals surface area (Å²) in [5, 5.41) is 16.8. The third-order valence-corrected chi connectivity index (χ3v) is 8.99. The zero-order valence-electron chi connectivity index (χ0n) is 18.2. The highest BCUT2D eigenvalue weighted by atomic mass is 32.2. The van der Waals surface area contributed by atoms with E-state index in [2.05, 4.69) is 10.4 Å². The van der Waals surface area contributed by atoms with Crippen LogP contribution < -0.4 is 5.32 Å². The molecule has 1 aromatic heterocycles. The largest absolute Gasteiger partial charge is 0.393 e. The lowest BCUT2D eigenvalue weighted by atomic mass is 9.95. The number of sulfone groups is 1. The highest BCUT2D eigenvalue weighted by Gasteiger charge is 2.40. The molecule has 32 heavy (non-hydrogen) atoms. The van der Waals surface area contributed by atoms with Gasteiger partial charge in [-0.15, -0.1) is 0 Å². The zero-order chi connectivity index (χ0) is 22.5. The Morgan fingerprint density at radius 1 is 1.16 bits per heavy atom. The van der Waals surface area contributed by atoms with Crippen LogP contribution in [-0.4, -0.2) is 40.6 Å². The molecule has 0 saturated heterocycles. The number of carbonyl (C=O) groups is 1. The maximum absolute atomic E-state index is 13.3. The van der Waals surface area contributed by atoms with Crippen molar-refractivity contribution in [2.75, 3.05) is 5.32 Å². The number of hydrogen-bond acceptors (Lipinski definition) is 5. The molecule has 2 atom stereocenters. The van der Waals surface area contributed by atoms with Crippen molar-refractivity contribution in [3.05, 3.63) is 47.7 Å². The summed E-state index contributed by atoms with van der Waals surface area (Å²) in [4.78, 5) is 13.7. The SMILES string of the molecule is Cn1ccc(NC(=O)C(=C[C@H]2CCC(O)C2)c2ccc(S(=O)(=O)C3CC3)c(C3CC3)c2)n1. The number of carbonyl (C=O) groups excluding carboxylic acids is 1. The van der Waals surface area contributed by atoms with Gasteiger partial charge in [0.1, 0.15) is 0 Å². The molecule has 0 radical (unpaired) electrons. The van der Waals surface area contributed by atoms with Gasteiger partial charge in [-0.2, -0.15) is 5.10 Å². The van der Waals surface area contributed by atoms with Crippen molar-refractivity contribution in [2.24, 2.45) is 13.0 Å². The van der Waals surface area contributed by atoms with Crippen LogP contribution in [-0.2, 0) is 21.7 Å². The van der Waals surface area contributed by atoms with Crippen molar-refractivity contribution in [1.82, 2.24) is 9.78 Å². The fraction of sp³-hybridized carbons (Fsp3) is 0.500. The normalized spacial score (nSPS) is 24.0. The van der Waals surface area contributed by atoms with Crippen LogP contribution >= 0.6 is 0 Å². The lowest BCUT2D eigenvalue weighted by Gasteiger charge is -2.15. The molecule has 8 heteroatoms. The van der Waals surface area contributed by atoms with Crippen LogP contribution in [0.2, 0.25) is 0 Å². The molecular formula is C24H29N3O4S. The number of rotatable bonds is 7. The molecule has 3 aliphatic carbocycles. The lowest BCUT2D eigenvalue weighted by Crippen LogP contribution is -2.16. The summed E-state index contributed by atoms with van der Waals surface area (Å²) in [5.74, 6) is 0.537. The van der Waals surface area contributed by atoms with Crippen LogP contribution in [0.1, 0.15) is 62.0 Å². The number of aromatic nitrogens is 2. The van der Waals surface area contributed by atoms with Gasteiger partial charge in [0.05, 0.1) is 16.2 Å². The Labute approximate surface area is 188 Å². The number of allylic oxidation sites excluding steroid dienone is 1. The van der Waals surface area contributed by atoms with Gasteiger partial charge in [0.25, 0.3) is 5.91 Å². The smallest absolute Gasteiger partial charge is 0.257 e. The van der Waals surface area contributed by atoms with E-state index in [9.17, 15) is 18.3 Å². The predicted octanol–water partition coefficient (Wildman–Crippen LogP) is 3.42. The number of anilines is 1. The number of benzene rings is 1. The van der Waals surface area contributed by atoms with E-state index in [4.69, 9.17) is 0 Å². The van der Waals surface area contributed by atoms with Crippen LogP contribution in [0.5, 0.6) is 0 Å². The second-order valence-electron chi connectivity index (χ2n) is 9.41. The van der Waals surface area contributed by atoms with Gasteiger partial charge in [0.2, 0.25) is 0 Å². The van der Waals surface area contributed by atoms with E-state index in [1.165, 1.54) is 0 Å². The summed E-state index contributed by atoms with van der Waals surface area (Å²) in [6.07, 6.45) is 8.95. The first kappa shape index (κ1) is 21.4. The number of aliphatic hydroxyl groups excluding tert-OH is 1. The molecule has 0 bridgehead atoms. The van der Waals surface area contributed by atoms with Crippen LogP contribution in [0.15, 0.2) is 41.4 Å². The van der Waals surface area contributed by atoms with Gasteiger partial charge < -0.3 is 10.4 Å². The van der Waals surface area contributed by atoms with Gasteiger partial charge in [0.15, 0.2) is 15.7 Å². The zero-order valence-corrected chi connectivity index (χ0v) is 19.0. The van der Waals surface area contributed by atoms with Crippen LogP contribution in [0, 0.1) is 5.92 Å². The minimum absolute atomic E-state index is 0.105. The molecule has 3 fully saturated rings. The summed E-state index contributed by atoms with van der Waals surface area (Å²) in [5.41, 5.74) is 2.07. The number of hydrogen-bond donors (Lipinski definition) is 2. The van der Waals surface area contributed by atoms with Crippen molar-refractivity contribution >= 4 is 27.1 Å². The number of amides is 1.